The molecular formula is C10H19NO. The van der Waals surface area contributed by atoms with Gasteiger partial charge < -0.3 is 5.11 Å². The summed E-state index contributed by atoms with van der Waals surface area (Å²) in [6.45, 7) is 4.42. The second-order valence-corrected chi connectivity index (χ2v) is 4.73. The van der Waals surface area contributed by atoms with E-state index in [-0.39, 0.29) is 0 Å². The average Bonchev–Trinajstić information content (AvgIpc) is 2.27. The van der Waals surface area contributed by atoms with Crippen molar-refractivity contribution >= 4 is 0 Å². The van der Waals surface area contributed by atoms with Crippen LogP contribution in [0.15, 0.2) is 0 Å². The van der Waals surface area contributed by atoms with Crippen LogP contribution in [0.1, 0.15) is 39.5 Å². The van der Waals surface area contributed by atoms with E-state index in [0.717, 1.165) is 6.42 Å². The summed E-state index contributed by atoms with van der Waals surface area (Å²) in [6, 6.07) is 0.602. The van der Waals surface area contributed by atoms with Gasteiger partial charge >= 0.3 is 0 Å². The van der Waals surface area contributed by atoms with Crippen LogP contribution >= 0.6 is 0 Å². The van der Waals surface area contributed by atoms with Gasteiger partial charge in [-0.15, -0.1) is 0 Å². The van der Waals surface area contributed by atoms with Crippen LogP contribution < -0.4 is 5.32 Å². The highest BCUT2D eigenvalue weighted by Crippen LogP contribution is 2.41. The zero-order chi connectivity index (χ0) is 8.77. The lowest BCUT2D eigenvalue weighted by Crippen LogP contribution is -2.54. The topological polar surface area (TPSA) is 32.3 Å². The Morgan fingerprint density at radius 2 is 2.08 bits per heavy atom. The Morgan fingerprint density at radius 1 is 1.33 bits per heavy atom. The van der Waals surface area contributed by atoms with Gasteiger partial charge in [-0.1, -0.05) is 13.8 Å². The van der Waals surface area contributed by atoms with Gasteiger partial charge in [-0.2, -0.15) is 0 Å². The maximum absolute atomic E-state index is 10.2. The van der Waals surface area contributed by atoms with E-state index >= 15 is 0 Å². The molecule has 2 N–H and O–H groups in total. The van der Waals surface area contributed by atoms with Crippen molar-refractivity contribution in [2.24, 2.45) is 11.8 Å². The van der Waals surface area contributed by atoms with Gasteiger partial charge in [-0.3, -0.25) is 5.32 Å². The monoisotopic (exact) mass is 169 g/mol. The Balaban J connectivity index is 2.14. The van der Waals surface area contributed by atoms with Crippen LogP contribution in [0.2, 0.25) is 0 Å². The van der Waals surface area contributed by atoms with E-state index in [1.165, 1.54) is 19.3 Å². The molecule has 2 rings (SSSR count). The summed E-state index contributed by atoms with van der Waals surface area (Å²) in [5, 5.41) is 13.6. The van der Waals surface area contributed by atoms with E-state index in [4.69, 9.17) is 0 Å². The van der Waals surface area contributed by atoms with E-state index in [0.29, 0.717) is 17.9 Å². The normalized spacial score (nSPS) is 47.0. The van der Waals surface area contributed by atoms with Crippen LogP contribution in [-0.4, -0.2) is 16.9 Å². The summed E-state index contributed by atoms with van der Waals surface area (Å²) in [4.78, 5) is 0. The maximum atomic E-state index is 10.2. The molecule has 2 saturated heterocycles. The number of rotatable bonds is 1. The molecule has 2 heteroatoms. The van der Waals surface area contributed by atoms with E-state index in [2.05, 4.69) is 19.2 Å². The van der Waals surface area contributed by atoms with Crippen molar-refractivity contribution in [3.05, 3.63) is 0 Å². The van der Waals surface area contributed by atoms with Crippen molar-refractivity contribution in [2.75, 3.05) is 0 Å². The van der Waals surface area contributed by atoms with E-state index in [1.54, 1.807) is 0 Å². The highest BCUT2D eigenvalue weighted by atomic mass is 16.3. The first-order valence-electron chi connectivity index (χ1n) is 5.12. The van der Waals surface area contributed by atoms with Crippen LogP contribution in [0.4, 0.5) is 0 Å². The molecule has 12 heavy (non-hydrogen) atoms. The molecule has 0 aliphatic carbocycles. The van der Waals surface area contributed by atoms with Gasteiger partial charge in [0, 0.05) is 12.0 Å². The summed E-state index contributed by atoms with van der Waals surface area (Å²) < 4.78 is 0. The summed E-state index contributed by atoms with van der Waals surface area (Å²) in [5.41, 5.74) is -0.517. The second-order valence-electron chi connectivity index (χ2n) is 4.73. The minimum absolute atomic E-state index is 0.469. The fourth-order valence-electron chi connectivity index (χ4n) is 2.91. The minimum atomic E-state index is -0.517. The summed E-state index contributed by atoms with van der Waals surface area (Å²) >= 11 is 0. The smallest absolute Gasteiger partial charge is 0.119 e. The van der Waals surface area contributed by atoms with Crippen LogP contribution in [0.25, 0.3) is 0 Å². The predicted octanol–water partition coefficient (Wildman–Crippen LogP) is 1.49. The van der Waals surface area contributed by atoms with Crippen molar-refractivity contribution in [3.63, 3.8) is 0 Å². The van der Waals surface area contributed by atoms with Crippen LogP contribution in [0, 0.1) is 11.8 Å². The molecule has 2 aliphatic heterocycles. The number of fused-ring (bicyclic) bond motifs is 2. The first-order chi connectivity index (χ1) is 5.62. The quantitative estimate of drug-likeness (QED) is 0.623. The second kappa shape index (κ2) is 2.71. The number of aliphatic hydroxyl groups is 1. The average molecular weight is 169 g/mol. The van der Waals surface area contributed by atoms with Gasteiger partial charge in [0.2, 0.25) is 0 Å². The van der Waals surface area contributed by atoms with Gasteiger partial charge in [0.05, 0.1) is 0 Å². The third-order valence-corrected chi connectivity index (χ3v) is 3.57. The van der Waals surface area contributed by atoms with Crippen molar-refractivity contribution < 1.29 is 5.11 Å². The molecule has 0 spiro atoms. The highest BCUT2D eigenvalue weighted by molar-refractivity contribution is 4.99. The largest absolute Gasteiger partial charge is 0.376 e. The number of hydrogen-bond acceptors (Lipinski definition) is 2. The Hall–Kier alpha value is -0.0800. The molecular weight excluding hydrogens is 150 g/mol. The number of nitrogens with one attached hydrogen (secondary N) is 1. The third-order valence-electron chi connectivity index (χ3n) is 3.57. The molecule has 0 saturated carbocycles. The molecule has 2 bridgehead atoms. The van der Waals surface area contributed by atoms with Gasteiger partial charge in [0.1, 0.15) is 5.72 Å². The van der Waals surface area contributed by atoms with Crippen molar-refractivity contribution in [1.82, 2.24) is 5.32 Å². The molecule has 3 atom stereocenters. The van der Waals surface area contributed by atoms with Crippen molar-refractivity contribution in [1.29, 1.82) is 0 Å². The third kappa shape index (κ3) is 1.17. The van der Waals surface area contributed by atoms with E-state index in [9.17, 15) is 5.11 Å². The maximum Gasteiger partial charge on any atom is 0.119 e. The zero-order valence-electron chi connectivity index (χ0n) is 8.01. The molecule has 3 unspecified atom stereocenters. The molecule has 0 aromatic rings. The molecule has 0 amide bonds. The Kier molecular flexibility index (Phi) is 1.92. The van der Waals surface area contributed by atoms with Crippen LogP contribution in [0.3, 0.4) is 0 Å². The standard InChI is InChI=1S/C10H19NO/c1-7(2)9-4-3-8-5-6-10(9,12)11-8/h7-9,11-12H,3-6H2,1-2H3. The van der Waals surface area contributed by atoms with Gasteiger partial charge in [-0.05, 0) is 31.6 Å². The highest BCUT2D eigenvalue weighted by Gasteiger charge is 2.47. The van der Waals surface area contributed by atoms with Crippen LogP contribution in [0.5, 0.6) is 0 Å². The predicted molar refractivity (Wildman–Crippen MR) is 48.7 cm³/mol. The molecule has 2 fully saturated rings. The zero-order valence-corrected chi connectivity index (χ0v) is 8.01. The van der Waals surface area contributed by atoms with Gasteiger partial charge in [0.15, 0.2) is 0 Å². The SMILES string of the molecule is CC(C)C1CCC2CCC1(O)N2. The molecule has 2 aliphatic rings. The number of piperidine rings is 1. The molecule has 2 nitrogen and oxygen atoms in total. The van der Waals surface area contributed by atoms with Gasteiger partial charge in [0.25, 0.3) is 0 Å². The summed E-state index contributed by atoms with van der Waals surface area (Å²) in [7, 11) is 0. The molecule has 0 radical (unpaired) electrons. The first kappa shape index (κ1) is 8.52. The van der Waals surface area contributed by atoms with Crippen LogP contribution in [-0.2, 0) is 0 Å². The van der Waals surface area contributed by atoms with Gasteiger partial charge in [-0.25, -0.2) is 0 Å². The lowest BCUT2D eigenvalue weighted by Gasteiger charge is -2.40. The Bertz CT molecular complexity index is 181. The van der Waals surface area contributed by atoms with E-state index < -0.39 is 5.72 Å². The summed E-state index contributed by atoms with van der Waals surface area (Å²) in [5.74, 6) is 1.07. The number of hydrogen-bond donors (Lipinski definition) is 2. The van der Waals surface area contributed by atoms with Crippen molar-refractivity contribution in [3.8, 4) is 0 Å². The first-order valence-corrected chi connectivity index (χ1v) is 5.12. The molecule has 70 valence electrons. The lowest BCUT2D eigenvalue weighted by atomic mass is 9.80. The lowest BCUT2D eigenvalue weighted by molar-refractivity contribution is -0.0714. The van der Waals surface area contributed by atoms with Crippen molar-refractivity contribution in [2.45, 2.75) is 51.3 Å². The minimum Gasteiger partial charge on any atom is -0.376 e. The summed E-state index contributed by atoms with van der Waals surface area (Å²) in [6.07, 6.45) is 4.58. The fourth-order valence-corrected chi connectivity index (χ4v) is 2.91. The fraction of sp³-hybridized carbons (Fsp3) is 1.00. The molecule has 0 aromatic heterocycles. The molecule has 2 heterocycles. The Morgan fingerprint density at radius 3 is 2.75 bits per heavy atom. The Labute approximate surface area is 74.4 Å². The molecule has 0 aromatic carbocycles. The van der Waals surface area contributed by atoms with E-state index in [1.807, 2.05) is 0 Å².